The lowest BCUT2D eigenvalue weighted by Crippen LogP contribution is -1.84. The molecule has 0 aliphatic carbocycles. The average molecular weight is 239 g/mol. The quantitative estimate of drug-likeness (QED) is 0.686. The van der Waals surface area contributed by atoms with Crippen LogP contribution in [0.1, 0.15) is 11.3 Å². The number of aromatic amines is 1. The molecule has 0 saturated heterocycles. The zero-order valence-electron chi connectivity index (χ0n) is 10.2. The van der Waals surface area contributed by atoms with Crippen LogP contribution >= 0.6 is 0 Å². The molecule has 0 atom stereocenters. The van der Waals surface area contributed by atoms with Crippen LogP contribution in [-0.4, -0.2) is 20.1 Å². The van der Waals surface area contributed by atoms with Crippen LogP contribution in [0, 0.1) is 13.8 Å². The fraction of sp³-hybridized carbons (Fsp3) is 0.143. The summed E-state index contributed by atoms with van der Waals surface area (Å²) in [6, 6.07) is 9.48. The van der Waals surface area contributed by atoms with Crippen LogP contribution in [0.5, 0.6) is 5.75 Å². The number of aromatic nitrogens is 3. The van der Waals surface area contributed by atoms with Gasteiger partial charge in [0.25, 0.3) is 0 Å². The maximum atomic E-state index is 10.1. The molecule has 0 aliphatic rings. The van der Waals surface area contributed by atoms with Crippen molar-refractivity contribution < 1.29 is 5.11 Å². The molecule has 90 valence electrons. The molecular formula is C14H13N3O. The van der Waals surface area contributed by atoms with Crippen molar-refractivity contribution in [2.24, 2.45) is 0 Å². The summed E-state index contributed by atoms with van der Waals surface area (Å²) in [5.74, 6) is 0.901. The number of hydrogen-bond donors (Lipinski definition) is 2. The first-order valence-corrected chi connectivity index (χ1v) is 5.77. The second kappa shape index (κ2) is 3.84. The molecule has 0 unspecified atom stereocenters. The van der Waals surface area contributed by atoms with E-state index in [4.69, 9.17) is 0 Å². The average Bonchev–Trinajstić information content (AvgIpc) is 2.75. The summed E-state index contributed by atoms with van der Waals surface area (Å²) < 4.78 is 0. The van der Waals surface area contributed by atoms with Crippen molar-refractivity contribution in [3.63, 3.8) is 0 Å². The summed E-state index contributed by atoms with van der Waals surface area (Å²) in [6.07, 6.45) is 0. The first-order chi connectivity index (χ1) is 8.65. The second-order valence-corrected chi connectivity index (χ2v) is 4.38. The Morgan fingerprint density at radius 1 is 1.06 bits per heavy atom. The third kappa shape index (κ3) is 1.62. The Morgan fingerprint density at radius 3 is 2.72 bits per heavy atom. The molecule has 0 fully saturated rings. The Labute approximate surface area is 104 Å². The molecule has 2 N–H and O–H groups in total. The van der Waals surface area contributed by atoms with E-state index < -0.39 is 0 Å². The zero-order chi connectivity index (χ0) is 12.7. The van der Waals surface area contributed by atoms with Gasteiger partial charge in [-0.2, -0.15) is 0 Å². The van der Waals surface area contributed by atoms with Gasteiger partial charge in [-0.15, -0.1) is 0 Å². The van der Waals surface area contributed by atoms with Crippen LogP contribution in [0.25, 0.3) is 22.6 Å². The summed E-state index contributed by atoms with van der Waals surface area (Å²) in [5, 5.41) is 10.1. The topological polar surface area (TPSA) is 61.8 Å². The minimum Gasteiger partial charge on any atom is -0.507 e. The number of aryl methyl sites for hydroxylation is 2. The summed E-state index contributed by atoms with van der Waals surface area (Å²) >= 11 is 0. The van der Waals surface area contributed by atoms with Gasteiger partial charge in [0.1, 0.15) is 11.6 Å². The molecule has 3 aromatic rings. The number of hydrogen-bond acceptors (Lipinski definition) is 3. The normalized spacial score (nSPS) is 11.0. The van der Waals surface area contributed by atoms with E-state index in [1.807, 2.05) is 44.2 Å². The molecule has 3 rings (SSSR count). The number of benzene rings is 1. The van der Waals surface area contributed by atoms with E-state index >= 15 is 0 Å². The van der Waals surface area contributed by atoms with Gasteiger partial charge in [0, 0.05) is 5.69 Å². The number of para-hydroxylation sites is 1. The van der Waals surface area contributed by atoms with Gasteiger partial charge >= 0.3 is 0 Å². The monoisotopic (exact) mass is 239 g/mol. The minimum absolute atomic E-state index is 0.258. The van der Waals surface area contributed by atoms with Gasteiger partial charge in [-0.05, 0) is 37.6 Å². The van der Waals surface area contributed by atoms with E-state index in [1.165, 1.54) is 0 Å². The van der Waals surface area contributed by atoms with Gasteiger partial charge in [-0.1, -0.05) is 12.1 Å². The van der Waals surface area contributed by atoms with E-state index in [0.29, 0.717) is 17.0 Å². The third-order valence-electron chi connectivity index (χ3n) is 2.98. The molecule has 0 bridgehead atoms. The van der Waals surface area contributed by atoms with Gasteiger partial charge < -0.3 is 10.1 Å². The summed E-state index contributed by atoms with van der Waals surface area (Å²) in [6.45, 7) is 3.79. The molecule has 0 radical (unpaired) electrons. The Bertz CT molecular complexity index is 731. The number of nitrogens with one attached hydrogen (secondary N) is 1. The number of pyridine rings is 1. The van der Waals surface area contributed by atoms with Gasteiger partial charge in [-0.3, -0.25) is 0 Å². The maximum absolute atomic E-state index is 10.1. The van der Waals surface area contributed by atoms with Crippen molar-refractivity contribution in [3.05, 3.63) is 41.6 Å². The number of fused-ring (bicyclic) bond motifs is 1. The lowest BCUT2D eigenvalue weighted by molar-refractivity contribution is 0.473. The molecular weight excluding hydrogens is 226 g/mol. The van der Waals surface area contributed by atoms with E-state index in [1.54, 1.807) is 0 Å². The highest BCUT2D eigenvalue weighted by Crippen LogP contribution is 2.30. The molecule has 0 aliphatic heterocycles. The van der Waals surface area contributed by atoms with Gasteiger partial charge in [0.15, 0.2) is 5.65 Å². The van der Waals surface area contributed by atoms with Crippen LogP contribution in [0.2, 0.25) is 0 Å². The highest BCUT2D eigenvalue weighted by Gasteiger charge is 2.11. The number of imidazole rings is 1. The summed E-state index contributed by atoms with van der Waals surface area (Å²) in [5.41, 5.74) is 4.00. The number of rotatable bonds is 1. The van der Waals surface area contributed by atoms with Crippen LogP contribution in [0.3, 0.4) is 0 Å². The molecule has 2 aromatic heterocycles. The molecule has 2 heterocycles. The molecule has 0 saturated carbocycles. The predicted octanol–water partition coefficient (Wildman–Crippen LogP) is 2.95. The largest absolute Gasteiger partial charge is 0.507 e. The highest BCUT2D eigenvalue weighted by atomic mass is 16.3. The smallest absolute Gasteiger partial charge is 0.178 e. The van der Waals surface area contributed by atoms with Crippen molar-refractivity contribution in [2.45, 2.75) is 13.8 Å². The maximum Gasteiger partial charge on any atom is 0.178 e. The minimum atomic E-state index is 0.258. The SMILES string of the molecule is Cc1ccc2[nH]c(-c3cccc(C)c3O)nc2n1. The van der Waals surface area contributed by atoms with Crippen LogP contribution in [0.15, 0.2) is 30.3 Å². The number of nitrogens with zero attached hydrogens (tertiary/aromatic N) is 2. The lowest BCUT2D eigenvalue weighted by atomic mass is 10.1. The van der Waals surface area contributed by atoms with E-state index in [-0.39, 0.29) is 5.75 Å². The summed E-state index contributed by atoms with van der Waals surface area (Å²) in [7, 11) is 0. The number of phenols is 1. The standard InChI is InChI=1S/C14H13N3O/c1-8-4-3-5-10(12(8)18)13-16-11-7-6-9(2)15-14(11)17-13/h3-7,18H,1-2H3,(H,15,16,17). The lowest BCUT2D eigenvalue weighted by Gasteiger charge is -2.03. The Kier molecular flexibility index (Phi) is 2.30. The van der Waals surface area contributed by atoms with Gasteiger partial charge in [-0.25, -0.2) is 9.97 Å². The second-order valence-electron chi connectivity index (χ2n) is 4.38. The molecule has 0 amide bonds. The van der Waals surface area contributed by atoms with Gasteiger partial charge in [0.05, 0.1) is 11.1 Å². The van der Waals surface area contributed by atoms with Crippen molar-refractivity contribution in [1.82, 2.24) is 15.0 Å². The third-order valence-corrected chi connectivity index (χ3v) is 2.98. The number of H-pyrrole nitrogens is 1. The van der Waals surface area contributed by atoms with Crippen molar-refractivity contribution in [3.8, 4) is 17.1 Å². The number of phenolic OH excluding ortho intramolecular Hbond substituents is 1. The molecule has 0 spiro atoms. The first-order valence-electron chi connectivity index (χ1n) is 5.77. The molecule has 18 heavy (non-hydrogen) atoms. The number of aromatic hydroxyl groups is 1. The molecule has 1 aromatic carbocycles. The Hall–Kier alpha value is -2.36. The van der Waals surface area contributed by atoms with Crippen LogP contribution < -0.4 is 0 Å². The van der Waals surface area contributed by atoms with E-state index in [0.717, 1.165) is 16.8 Å². The summed E-state index contributed by atoms with van der Waals surface area (Å²) in [4.78, 5) is 11.9. The van der Waals surface area contributed by atoms with E-state index in [2.05, 4.69) is 15.0 Å². The van der Waals surface area contributed by atoms with E-state index in [9.17, 15) is 5.11 Å². The fourth-order valence-corrected chi connectivity index (χ4v) is 1.96. The van der Waals surface area contributed by atoms with Crippen LogP contribution in [-0.2, 0) is 0 Å². The van der Waals surface area contributed by atoms with Crippen molar-refractivity contribution >= 4 is 11.2 Å². The Balaban J connectivity index is 2.22. The zero-order valence-corrected chi connectivity index (χ0v) is 10.2. The predicted molar refractivity (Wildman–Crippen MR) is 70.5 cm³/mol. The Morgan fingerprint density at radius 2 is 1.89 bits per heavy atom. The highest BCUT2D eigenvalue weighted by molar-refractivity contribution is 5.78. The molecule has 4 nitrogen and oxygen atoms in total. The fourth-order valence-electron chi connectivity index (χ4n) is 1.96. The van der Waals surface area contributed by atoms with Crippen molar-refractivity contribution in [1.29, 1.82) is 0 Å². The van der Waals surface area contributed by atoms with Crippen LogP contribution in [0.4, 0.5) is 0 Å². The molecule has 4 heteroatoms. The van der Waals surface area contributed by atoms with Gasteiger partial charge in [0.2, 0.25) is 0 Å². The first kappa shape index (κ1) is 10.8. The van der Waals surface area contributed by atoms with Crippen molar-refractivity contribution in [2.75, 3.05) is 0 Å².